The molecule has 0 aliphatic carbocycles. The van der Waals surface area contributed by atoms with Crippen molar-refractivity contribution < 1.29 is 9.32 Å². The van der Waals surface area contributed by atoms with Crippen molar-refractivity contribution in [1.29, 1.82) is 0 Å². The third-order valence-electron chi connectivity index (χ3n) is 5.22. The Kier molecular flexibility index (Phi) is 3.99. The highest BCUT2D eigenvalue weighted by molar-refractivity contribution is 6.30. The first-order valence-electron chi connectivity index (χ1n) is 9.20. The number of fused-ring (bicyclic) bond motifs is 3. The van der Waals surface area contributed by atoms with Gasteiger partial charge in [0.15, 0.2) is 17.2 Å². The van der Waals surface area contributed by atoms with Crippen LogP contribution in [0.15, 0.2) is 52.9 Å². The smallest absolute Gasteiger partial charge is 0.196 e. The van der Waals surface area contributed by atoms with Gasteiger partial charge in [0, 0.05) is 16.0 Å². The molecule has 1 aliphatic heterocycles. The van der Waals surface area contributed by atoms with Crippen molar-refractivity contribution in [2.75, 3.05) is 38.1 Å². The fourth-order valence-corrected chi connectivity index (χ4v) is 3.75. The summed E-state index contributed by atoms with van der Waals surface area (Å²) in [6, 6.07) is 15.7. The number of halogens is 1. The highest BCUT2D eigenvalue weighted by Crippen LogP contribution is 2.34. The molecule has 1 saturated heterocycles. The molecule has 2 aromatic heterocycles. The van der Waals surface area contributed by atoms with Crippen molar-refractivity contribution in [3.8, 4) is 11.4 Å². The number of hydrogen-bond acceptors (Lipinski definition) is 4. The van der Waals surface area contributed by atoms with Crippen molar-refractivity contribution in [1.82, 2.24) is 9.97 Å². The zero-order valence-electron chi connectivity index (χ0n) is 15.1. The normalized spacial score (nSPS) is 15.7. The molecule has 5 rings (SSSR count). The Hall–Kier alpha value is -2.63. The Morgan fingerprint density at radius 2 is 1.74 bits per heavy atom. The Balaban J connectivity index is 1.74. The number of aromatic nitrogens is 2. The average molecular weight is 380 g/mol. The lowest BCUT2D eigenvalue weighted by Gasteiger charge is -2.30. The monoisotopic (exact) mass is 379 g/mol. The molecule has 0 radical (unpaired) electrons. The van der Waals surface area contributed by atoms with E-state index in [0.29, 0.717) is 10.8 Å². The molecule has 27 heavy (non-hydrogen) atoms. The number of anilines is 1. The number of hydrogen-bond donors (Lipinski definition) is 1. The van der Waals surface area contributed by atoms with E-state index in [1.54, 1.807) is 4.90 Å². The summed E-state index contributed by atoms with van der Waals surface area (Å²) in [5, 5.41) is 1.72. The van der Waals surface area contributed by atoms with Crippen LogP contribution in [0.5, 0.6) is 0 Å². The van der Waals surface area contributed by atoms with E-state index in [1.165, 1.54) is 0 Å². The summed E-state index contributed by atoms with van der Waals surface area (Å²) in [6.45, 7) is 4.08. The van der Waals surface area contributed by atoms with E-state index in [9.17, 15) is 0 Å². The fourth-order valence-electron chi connectivity index (χ4n) is 3.62. The lowest BCUT2D eigenvalue weighted by Crippen LogP contribution is -3.12. The van der Waals surface area contributed by atoms with E-state index >= 15 is 0 Å². The lowest BCUT2D eigenvalue weighted by molar-refractivity contribution is -0.880. The molecule has 136 valence electrons. The van der Waals surface area contributed by atoms with Crippen LogP contribution in [-0.2, 0) is 0 Å². The first kappa shape index (κ1) is 16.5. The first-order chi connectivity index (χ1) is 13.2. The molecule has 0 atom stereocenters. The number of para-hydroxylation sites is 1. The predicted molar refractivity (Wildman–Crippen MR) is 109 cm³/mol. The molecule has 5 nitrogen and oxygen atoms in total. The van der Waals surface area contributed by atoms with Gasteiger partial charge in [0.25, 0.3) is 0 Å². The van der Waals surface area contributed by atoms with E-state index in [-0.39, 0.29) is 0 Å². The lowest BCUT2D eigenvalue weighted by atomic mass is 10.2. The van der Waals surface area contributed by atoms with Crippen LogP contribution in [0.25, 0.3) is 33.5 Å². The summed E-state index contributed by atoms with van der Waals surface area (Å²) in [4.78, 5) is 13.6. The van der Waals surface area contributed by atoms with Crippen molar-refractivity contribution in [3.63, 3.8) is 0 Å². The summed E-state index contributed by atoms with van der Waals surface area (Å²) < 4.78 is 6.18. The topological polar surface area (TPSA) is 46.6 Å². The van der Waals surface area contributed by atoms with Gasteiger partial charge in [-0.1, -0.05) is 23.7 Å². The maximum atomic E-state index is 6.18. The number of benzene rings is 2. The predicted octanol–water partition coefficient (Wildman–Crippen LogP) is 3.03. The molecule has 3 heterocycles. The molecule has 6 heteroatoms. The molecular weight excluding hydrogens is 360 g/mol. The average Bonchev–Trinajstić information content (AvgIpc) is 3.07. The zero-order chi connectivity index (χ0) is 18.4. The minimum absolute atomic E-state index is 0.701. The Morgan fingerprint density at radius 3 is 2.52 bits per heavy atom. The molecule has 4 aromatic rings. The third kappa shape index (κ3) is 2.93. The SMILES string of the molecule is C[NH+]1CCN(c2nc(-c3ccc(Cl)cc3)nc3c2oc2ccccc23)CC1. The van der Waals surface area contributed by atoms with Crippen LogP contribution in [0.2, 0.25) is 5.02 Å². The molecule has 1 fully saturated rings. The standard InChI is InChI=1S/C21H19ClN4O/c1-25-10-12-26(13-11-25)21-19-18(16-4-2-3-5-17(16)27-19)23-20(24-21)14-6-8-15(22)9-7-14/h2-9H,10-13H2,1H3/p+1. The number of furan rings is 1. The van der Waals surface area contributed by atoms with Gasteiger partial charge in [0.05, 0.1) is 33.2 Å². The minimum atomic E-state index is 0.701. The molecule has 0 unspecified atom stereocenters. The van der Waals surface area contributed by atoms with Gasteiger partial charge in [-0.15, -0.1) is 0 Å². The number of nitrogens with one attached hydrogen (secondary N) is 1. The van der Waals surface area contributed by atoms with Crippen molar-refractivity contribution >= 4 is 39.5 Å². The van der Waals surface area contributed by atoms with E-state index in [1.807, 2.05) is 42.5 Å². The number of rotatable bonds is 2. The third-order valence-corrected chi connectivity index (χ3v) is 5.47. The van der Waals surface area contributed by atoms with E-state index in [2.05, 4.69) is 18.0 Å². The van der Waals surface area contributed by atoms with Crippen LogP contribution in [-0.4, -0.2) is 43.2 Å². The van der Waals surface area contributed by atoms with Gasteiger partial charge in [-0.05, 0) is 36.4 Å². The second kappa shape index (κ2) is 6.51. The van der Waals surface area contributed by atoms with Gasteiger partial charge in [-0.3, -0.25) is 0 Å². The van der Waals surface area contributed by atoms with Gasteiger partial charge in [-0.2, -0.15) is 0 Å². The van der Waals surface area contributed by atoms with Crippen molar-refractivity contribution in [2.45, 2.75) is 0 Å². The molecular formula is C21H20ClN4O+. The summed E-state index contributed by atoms with van der Waals surface area (Å²) in [6.07, 6.45) is 0. The van der Waals surface area contributed by atoms with Crippen LogP contribution >= 0.6 is 11.6 Å². The van der Waals surface area contributed by atoms with Crippen LogP contribution in [0.3, 0.4) is 0 Å². The Morgan fingerprint density at radius 1 is 1.00 bits per heavy atom. The van der Waals surface area contributed by atoms with E-state index in [4.69, 9.17) is 26.0 Å². The highest BCUT2D eigenvalue weighted by Gasteiger charge is 2.24. The molecule has 0 bridgehead atoms. The summed E-state index contributed by atoms with van der Waals surface area (Å²) in [7, 11) is 2.23. The van der Waals surface area contributed by atoms with Gasteiger partial charge in [-0.25, -0.2) is 9.97 Å². The number of quaternary nitrogens is 1. The van der Waals surface area contributed by atoms with Crippen LogP contribution < -0.4 is 9.80 Å². The first-order valence-corrected chi connectivity index (χ1v) is 9.58. The summed E-state index contributed by atoms with van der Waals surface area (Å²) in [5.74, 6) is 1.58. The van der Waals surface area contributed by atoms with Crippen molar-refractivity contribution in [3.05, 3.63) is 53.6 Å². The second-order valence-corrected chi connectivity index (χ2v) is 7.53. The summed E-state index contributed by atoms with van der Waals surface area (Å²) >= 11 is 6.06. The molecule has 1 N–H and O–H groups in total. The van der Waals surface area contributed by atoms with Crippen molar-refractivity contribution in [2.24, 2.45) is 0 Å². The maximum absolute atomic E-state index is 6.18. The van der Waals surface area contributed by atoms with Crippen LogP contribution in [0, 0.1) is 0 Å². The van der Waals surface area contributed by atoms with Gasteiger partial charge >= 0.3 is 0 Å². The Labute approximate surface area is 162 Å². The molecule has 0 saturated carbocycles. The minimum Gasteiger partial charge on any atom is -0.450 e. The fraction of sp³-hybridized carbons (Fsp3) is 0.238. The number of piperazine rings is 1. The Bertz CT molecular complexity index is 1110. The van der Waals surface area contributed by atoms with Gasteiger partial charge in [0.1, 0.15) is 11.1 Å². The van der Waals surface area contributed by atoms with Crippen LogP contribution in [0.4, 0.5) is 5.82 Å². The van der Waals surface area contributed by atoms with Gasteiger partial charge < -0.3 is 14.2 Å². The van der Waals surface area contributed by atoms with E-state index in [0.717, 1.165) is 59.6 Å². The van der Waals surface area contributed by atoms with E-state index < -0.39 is 0 Å². The second-order valence-electron chi connectivity index (χ2n) is 7.10. The number of likely N-dealkylation sites (N-methyl/N-ethyl adjacent to an activating group) is 1. The zero-order valence-corrected chi connectivity index (χ0v) is 15.8. The molecule has 1 aliphatic rings. The largest absolute Gasteiger partial charge is 0.450 e. The molecule has 2 aromatic carbocycles. The summed E-state index contributed by atoms with van der Waals surface area (Å²) in [5.41, 5.74) is 3.43. The molecule has 0 amide bonds. The van der Waals surface area contributed by atoms with Gasteiger partial charge in [0.2, 0.25) is 0 Å². The highest BCUT2D eigenvalue weighted by atomic mass is 35.5. The molecule has 0 spiro atoms. The quantitative estimate of drug-likeness (QED) is 0.581. The van der Waals surface area contributed by atoms with Crippen LogP contribution in [0.1, 0.15) is 0 Å². The number of nitrogens with zero attached hydrogens (tertiary/aromatic N) is 3. The maximum Gasteiger partial charge on any atom is 0.196 e.